The van der Waals surface area contributed by atoms with Gasteiger partial charge in [0.15, 0.2) is 5.82 Å². The summed E-state index contributed by atoms with van der Waals surface area (Å²) >= 11 is 0. The number of nitrogens with zero attached hydrogens (tertiary/aromatic N) is 2. The molecular formula is C12H22N4O. The van der Waals surface area contributed by atoms with Gasteiger partial charge in [0.05, 0.1) is 6.54 Å². The summed E-state index contributed by atoms with van der Waals surface area (Å²) in [4.78, 5) is 4.38. The minimum absolute atomic E-state index is 0.159. The minimum Gasteiger partial charge on any atom is -0.338 e. The third-order valence-electron chi connectivity index (χ3n) is 3.14. The molecule has 1 unspecified atom stereocenters. The van der Waals surface area contributed by atoms with Crippen molar-refractivity contribution >= 4 is 0 Å². The smallest absolute Gasteiger partial charge is 0.240 e. The molecule has 5 nitrogen and oxygen atoms in total. The molecule has 0 saturated carbocycles. The maximum absolute atomic E-state index is 5.23. The highest BCUT2D eigenvalue weighted by molar-refractivity contribution is 4.94. The van der Waals surface area contributed by atoms with E-state index in [4.69, 9.17) is 4.52 Å². The van der Waals surface area contributed by atoms with E-state index < -0.39 is 0 Å². The van der Waals surface area contributed by atoms with E-state index in [1.807, 2.05) is 0 Å². The Hall–Kier alpha value is -0.940. The summed E-state index contributed by atoms with van der Waals surface area (Å²) in [6, 6.07) is 0. The topological polar surface area (TPSA) is 63.0 Å². The van der Waals surface area contributed by atoms with Crippen LogP contribution in [0.2, 0.25) is 0 Å². The highest BCUT2D eigenvalue weighted by atomic mass is 16.5. The lowest BCUT2D eigenvalue weighted by Crippen LogP contribution is -2.43. The first kappa shape index (κ1) is 12.5. The molecule has 0 aromatic carbocycles. The maximum Gasteiger partial charge on any atom is 0.240 e. The molecule has 17 heavy (non-hydrogen) atoms. The lowest BCUT2D eigenvalue weighted by Gasteiger charge is -2.23. The van der Waals surface area contributed by atoms with Gasteiger partial charge < -0.3 is 15.2 Å². The van der Waals surface area contributed by atoms with E-state index in [0.717, 1.165) is 31.8 Å². The summed E-state index contributed by atoms with van der Waals surface area (Å²) in [5.41, 5.74) is 0.159. The van der Waals surface area contributed by atoms with Crippen molar-refractivity contribution in [3.63, 3.8) is 0 Å². The number of rotatable bonds is 5. The van der Waals surface area contributed by atoms with Gasteiger partial charge >= 0.3 is 0 Å². The summed E-state index contributed by atoms with van der Waals surface area (Å²) in [5, 5.41) is 10.8. The molecule has 0 aliphatic carbocycles. The van der Waals surface area contributed by atoms with E-state index in [2.05, 4.69) is 41.5 Å². The Morgan fingerprint density at radius 2 is 2.35 bits per heavy atom. The lowest BCUT2D eigenvalue weighted by molar-refractivity contribution is 0.321. The number of hydrogen-bond donors (Lipinski definition) is 2. The van der Waals surface area contributed by atoms with Crippen molar-refractivity contribution in [3.8, 4) is 0 Å². The van der Waals surface area contributed by atoms with Crippen molar-refractivity contribution in [3.05, 3.63) is 11.7 Å². The van der Waals surface area contributed by atoms with Gasteiger partial charge in [0.2, 0.25) is 5.89 Å². The van der Waals surface area contributed by atoms with Crippen molar-refractivity contribution in [2.45, 2.75) is 45.7 Å². The van der Waals surface area contributed by atoms with Crippen molar-refractivity contribution in [2.75, 3.05) is 13.1 Å². The Bertz CT molecular complexity index is 355. The first-order valence-corrected chi connectivity index (χ1v) is 6.35. The summed E-state index contributed by atoms with van der Waals surface area (Å²) < 4.78 is 5.23. The van der Waals surface area contributed by atoms with Gasteiger partial charge in [-0.2, -0.15) is 4.98 Å². The molecule has 0 radical (unpaired) electrons. The average Bonchev–Trinajstić information content (AvgIpc) is 2.85. The van der Waals surface area contributed by atoms with Crippen LogP contribution in [0.4, 0.5) is 0 Å². The van der Waals surface area contributed by atoms with Crippen LogP contribution in [0.15, 0.2) is 4.52 Å². The van der Waals surface area contributed by atoms with Crippen LogP contribution in [0, 0.1) is 5.92 Å². The van der Waals surface area contributed by atoms with Gasteiger partial charge in [-0.05, 0) is 25.8 Å². The van der Waals surface area contributed by atoms with Gasteiger partial charge in [0.1, 0.15) is 0 Å². The molecule has 1 atom stereocenters. The normalized spacial score (nSPS) is 24.7. The zero-order valence-corrected chi connectivity index (χ0v) is 10.9. The maximum atomic E-state index is 5.23. The van der Waals surface area contributed by atoms with Crippen molar-refractivity contribution in [1.82, 2.24) is 20.8 Å². The predicted octanol–water partition coefficient (Wildman–Crippen LogP) is 1.11. The van der Waals surface area contributed by atoms with E-state index in [9.17, 15) is 0 Å². The van der Waals surface area contributed by atoms with E-state index in [1.165, 1.54) is 0 Å². The fourth-order valence-electron chi connectivity index (χ4n) is 2.07. The van der Waals surface area contributed by atoms with Crippen LogP contribution in [-0.4, -0.2) is 28.8 Å². The first-order valence-electron chi connectivity index (χ1n) is 6.35. The largest absolute Gasteiger partial charge is 0.338 e. The Morgan fingerprint density at radius 1 is 1.53 bits per heavy atom. The van der Waals surface area contributed by atoms with Gasteiger partial charge in [-0.15, -0.1) is 0 Å². The van der Waals surface area contributed by atoms with Crippen LogP contribution >= 0.6 is 0 Å². The van der Waals surface area contributed by atoms with Gasteiger partial charge in [0, 0.05) is 18.5 Å². The summed E-state index contributed by atoms with van der Waals surface area (Å²) in [6.45, 7) is 9.26. The standard InChI is InChI=1S/C12H22N4O/c1-9(2)6-10-15-11(17-16-10)7-14-12(3)4-5-13-8-12/h9,13-14H,4-8H2,1-3H3. The Balaban J connectivity index is 1.84. The lowest BCUT2D eigenvalue weighted by atomic mass is 10.0. The van der Waals surface area contributed by atoms with Crippen LogP contribution in [0.3, 0.4) is 0 Å². The molecule has 0 spiro atoms. The van der Waals surface area contributed by atoms with Crippen LogP contribution in [-0.2, 0) is 13.0 Å². The molecule has 1 aliphatic heterocycles. The summed E-state index contributed by atoms with van der Waals surface area (Å²) in [5.74, 6) is 2.06. The SMILES string of the molecule is CC(C)Cc1noc(CNC2(C)CCNC2)n1. The second-order valence-electron chi connectivity index (χ2n) is 5.54. The summed E-state index contributed by atoms with van der Waals surface area (Å²) in [6.07, 6.45) is 2.02. The molecule has 0 bridgehead atoms. The fraction of sp³-hybridized carbons (Fsp3) is 0.833. The first-order chi connectivity index (χ1) is 8.07. The van der Waals surface area contributed by atoms with E-state index in [-0.39, 0.29) is 5.54 Å². The molecule has 1 aromatic rings. The molecular weight excluding hydrogens is 216 g/mol. The minimum atomic E-state index is 0.159. The molecule has 1 fully saturated rings. The van der Waals surface area contributed by atoms with Crippen molar-refractivity contribution in [1.29, 1.82) is 0 Å². The average molecular weight is 238 g/mol. The molecule has 2 rings (SSSR count). The molecule has 2 heterocycles. The number of aromatic nitrogens is 2. The second kappa shape index (κ2) is 5.14. The van der Waals surface area contributed by atoms with Gasteiger partial charge in [-0.3, -0.25) is 0 Å². The molecule has 1 aliphatic rings. The van der Waals surface area contributed by atoms with Crippen LogP contribution < -0.4 is 10.6 Å². The van der Waals surface area contributed by atoms with Crippen LogP contribution in [0.1, 0.15) is 38.9 Å². The van der Waals surface area contributed by atoms with Gasteiger partial charge in [0.25, 0.3) is 0 Å². The van der Waals surface area contributed by atoms with E-state index in [1.54, 1.807) is 0 Å². The van der Waals surface area contributed by atoms with Gasteiger partial charge in [-0.25, -0.2) is 0 Å². The zero-order valence-electron chi connectivity index (χ0n) is 10.9. The highest BCUT2D eigenvalue weighted by Crippen LogP contribution is 2.14. The quantitative estimate of drug-likeness (QED) is 0.804. The third kappa shape index (κ3) is 3.51. The molecule has 1 saturated heterocycles. The summed E-state index contributed by atoms with van der Waals surface area (Å²) in [7, 11) is 0. The highest BCUT2D eigenvalue weighted by Gasteiger charge is 2.28. The van der Waals surface area contributed by atoms with Crippen LogP contribution in [0.25, 0.3) is 0 Å². The molecule has 96 valence electrons. The number of nitrogens with one attached hydrogen (secondary N) is 2. The Morgan fingerprint density at radius 3 is 3.00 bits per heavy atom. The van der Waals surface area contributed by atoms with E-state index >= 15 is 0 Å². The molecule has 2 N–H and O–H groups in total. The van der Waals surface area contributed by atoms with Crippen molar-refractivity contribution < 1.29 is 4.52 Å². The third-order valence-corrected chi connectivity index (χ3v) is 3.14. The Labute approximate surface area is 102 Å². The Kier molecular flexibility index (Phi) is 3.79. The molecule has 1 aromatic heterocycles. The van der Waals surface area contributed by atoms with Crippen LogP contribution in [0.5, 0.6) is 0 Å². The van der Waals surface area contributed by atoms with Gasteiger partial charge in [-0.1, -0.05) is 19.0 Å². The predicted molar refractivity (Wildman–Crippen MR) is 65.6 cm³/mol. The molecule has 0 amide bonds. The number of hydrogen-bond acceptors (Lipinski definition) is 5. The second-order valence-corrected chi connectivity index (χ2v) is 5.54. The monoisotopic (exact) mass is 238 g/mol. The zero-order chi connectivity index (χ0) is 12.3. The van der Waals surface area contributed by atoms with E-state index in [0.29, 0.717) is 18.4 Å². The van der Waals surface area contributed by atoms with Crippen molar-refractivity contribution in [2.24, 2.45) is 5.92 Å². The fourth-order valence-corrected chi connectivity index (χ4v) is 2.07. The molecule has 5 heteroatoms.